The van der Waals surface area contributed by atoms with Crippen molar-refractivity contribution >= 4 is 5.97 Å². The van der Waals surface area contributed by atoms with Crippen LogP contribution in [0.15, 0.2) is 35.9 Å². The maximum atomic E-state index is 11.5. The van der Waals surface area contributed by atoms with Crippen LogP contribution in [0.25, 0.3) is 0 Å². The lowest BCUT2D eigenvalue weighted by atomic mass is 9.98. The molecule has 4 heteroatoms. The summed E-state index contributed by atoms with van der Waals surface area (Å²) in [5.74, 6) is 0.131. The summed E-state index contributed by atoms with van der Waals surface area (Å²) < 4.78 is 5.13. The van der Waals surface area contributed by atoms with E-state index in [0.717, 1.165) is 17.9 Å². The molecule has 0 aliphatic carbocycles. The van der Waals surface area contributed by atoms with E-state index in [9.17, 15) is 9.90 Å². The largest absolute Gasteiger partial charge is 0.497 e. The van der Waals surface area contributed by atoms with Crippen molar-refractivity contribution in [3.63, 3.8) is 0 Å². The van der Waals surface area contributed by atoms with Crippen molar-refractivity contribution in [3.05, 3.63) is 41.5 Å². The van der Waals surface area contributed by atoms with Gasteiger partial charge in [-0.3, -0.25) is 9.69 Å². The van der Waals surface area contributed by atoms with Gasteiger partial charge in [-0.05, 0) is 24.6 Å². The number of hydrogen-bond donors (Lipinski definition) is 1. The Labute approximate surface area is 119 Å². The summed E-state index contributed by atoms with van der Waals surface area (Å²) in [5.41, 5.74) is 2.30. The lowest BCUT2D eigenvalue weighted by molar-refractivity contribution is -0.143. The Kier molecular flexibility index (Phi) is 4.45. The van der Waals surface area contributed by atoms with Crippen LogP contribution in [0, 0.1) is 5.92 Å². The second-order valence-corrected chi connectivity index (χ2v) is 5.19. The monoisotopic (exact) mass is 275 g/mol. The summed E-state index contributed by atoms with van der Waals surface area (Å²) in [4.78, 5) is 13.5. The topological polar surface area (TPSA) is 49.8 Å². The molecule has 0 spiro atoms. The van der Waals surface area contributed by atoms with Crippen LogP contribution in [0.5, 0.6) is 5.75 Å². The molecule has 1 fully saturated rings. The van der Waals surface area contributed by atoms with Crippen LogP contribution in [-0.4, -0.2) is 35.7 Å². The number of aliphatic carboxylic acids is 1. The van der Waals surface area contributed by atoms with E-state index in [-0.39, 0.29) is 5.92 Å². The summed E-state index contributed by atoms with van der Waals surface area (Å²) in [6, 6.07) is 7.33. The number of rotatable bonds is 4. The first-order valence-corrected chi connectivity index (χ1v) is 6.81. The number of carboxylic acid groups (broad SMARTS) is 1. The molecule has 1 aliphatic heterocycles. The van der Waals surface area contributed by atoms with Gasteiger partial charge >= 0.3 is 5.97 Å². The summed E-state index contributed by atoms with van der Waals surface area (Å²) in [7, 11) is 1.63. The van der Waals surface area contributed by atoms with Crippen molar-refractivity contribution in [2.24, 2.45) is 5.92 Å². The molecule has 4 nitrogen and oxygen atoms in total. The smallest absolute Gasteiger partial charge is 0.321 e. The fourth-order valence-electron chi connectivity index (χ4n) is 2.84. The highest BCUT2D eigenvalue weighted by atomic mass is 16.5. The minimum Gasteiger partial charge on any atom is -0.497 e. The minimum atomic E-state index is -0.747. The zero-order valence-electron chi connectivity index (χ0n) is 12.2. The molecule has 1 aromatic rings. The maximum Gasteiger partial charge on any atom is 0.321 e. The van der Waals surface area contributed by atoms with Gasteiger partial charge in [0.15, 0.2) is 0 Å². The van der Waals surface area contributed by atoms with Gasteiger partial charge in [0, 0.05) is 19.0 Å². The van der Waals surface area contributed by atoms with Gasteiger partial charge in [-0.2, -0.15) is 0 Å². The van der Waals surface area contributed by atoms with E-state index in [1.54, 1.807) is 7.11 Å². The molecule has 0 radical (unpaired) electrons. The Morgan fingerprint density at radius 2 is 2.10 bits per heavy atom. The molecule has 0 amide bonds. The zero-order chi connectivity index (χ0) is 14.7. The number of nitrogens with zero attached hydrogens (tertiary/aromatic N) is 1. The molecule has 108 valence electrons. The number of carbonyl (C=O) groups is 1. The fourth-order valence-corrected chi connectivity index (χ4v) is 2.84. The highest BCUT2D eigenvalue weighted by Gasteiger charge is 2.39. The van der Waals surface area contributed by atoms with E-state index < -0.39 is 12.0 Å². The number of methoxy groups -OCH3 is 1. The Morgan fingerprint density at radius 3 is 2.60 bits per heavy atom. The number of hydrogen-bond acceptors (Lipinski definition) is 3. The highest BCUT2D eigenvalue weighted by Crippen LogP contribution is 2.30. The standard InChI is InChI=1S/C16H21NO3/c1-4-13-10-17(15(11(13)2)16(18)19)9-12-5-7-14(20-3)8-6-12/h4-8,11,15H,9-10H2,1-3H3,(H,18,19)/b13-4-/t11-,15-/m1/s1. The van der Waals surface area contributed by atoms with Crippen LogP contribution in [-0.2, 0) is 11.3 Å². The number of likely N-dealkylation sites (tertiary alicyclic amines) is 1. The number of carboxylic acids is 1. The van der Waals surface area contributed by atoms with E-state index in [0.29, 0.717) is 6.54 Å². The van der Waals surface area contributed by atoms with Crippen molar-refractivity contribution in [2.45, 2.75) is 26.4 Å². The van der Waals surface area contributed by atoms with Crippen LogP contribution in [0.3, 0.4) is 0 Å². The molecule has 1 saturated heterocycles. The third-order valence-electron chi connectivity index (χ3n) is 4.01. The first-order chi connectivity index (χ1) is 9.56. The average Bonchev–Trinajstić information content (AvgIpc) is 2.75. The van der Waals surface area contributed by atoms with Crippen molar-refractivity contribution in [3.8, 4) is 5.75 Å². The van der Waals surface area contributed by atoms with Crippen molar-refractivity contribution in [2.75, 3.05) is 13.7 Å². The summed E-state index contributed by atoms with van der Waals surface area (Å²) in [6.07, 6.45) is 2.04. The van der Waals surface area contributed by atoms with Gasteiger partial charge in [0.05, 0.1) is 7.11 Å². The summed E-state index contributed by atoms with van der Waals surface area (Å²) >= 11 is 0. The highest BCUT2D eigenvalue weighted by molar-refractivity contribution is 5.75. The summed E-state index contributed by atoms with van der Waals surface area (Å²) in [6.45, 7) is 5.33. The van der Waals surface area contributed by atoms with Crippen molar-refractivity contribution in [1.82, 2.24) is 4.90 Å². The van der Waals surface area contributed by atoms with E-state index in [4.69, 9.17) is 4.74 Å². The molecule has 1 aliphatic rings. The lowest BCUT2D eigenvalue weighted by Gasteiger charge is -2.22. The Hall–Kier alpha value is -1.81. The molecule has 2 atom stereocenters. The van der Waals surface area contributed by atoms with Gasteiger partial charge < -0.3 is 9.84 Å². The zero-order valence-corrected chi connectivity index (χ0v) is 12.2. The Morgan fingerprint density at radius 1 is 1.45 bits per heavy atom. The molecule has 1 aromatic carbocycles. The molecule has 0 saturated carbocycles. The van der Waals surface area contributed by atoms with Gasteiger partial charge in [0.1, 0.15) is 11.8 Å². The second-order valence-electron chi connectivity index (χ2n) is 5.19. The number of allylic oxidation sites excluding steroid dienone is 1. The predicted molar refractivity (Wildman–Crippen MR) is 77.7 cm³/mol. The van der Waals surface area contributed by atoms with Gasteiger partial charge in [-0.25, -0.2) is 0 Å². The third kappa shape index (κ3) is 2.85. The molecule has 0 bridgehead atoms. The fraction of sp³-hybridized carbons (Fsp3) is 0.438. The molecule has 0 unspecified atom stereocenters. The molecular formula is C16H21NO3. The second kappa shape index (κ2) is 6.09. The normalized spacial score (nSPS) is 25.1. The SMILES string of the molecule is C/C=C1/CN(Cc2ccc(OC)cc2)[C@@H](C(=O)O)[C@@H]1C. The lowest BCUT2D eigenvalue weighted by Crippen LogP contribution is -2.38. The first-order valence-electron chi connectivity index (χ1n) is 6.81. The quantitative estimate of drug-likeness (QED) is 0.858. The molecule has 2 rings (SSSR count). The molecule has 1 heterocycles. The first kappa shape index (κ1) is 14.6. The summed E-state index contributed by atoms with van der Waals surface area (Å²) in [5, 5.41) is 9.44. The van der Waals surface area contributed by atoms with Crippen LogP contribution >= 0.6 is 0 Å². The molecule has 0 aromatic heterocycles. The third-order valence-corrected chi connectivity index (χ3v) is 4.01. The van der Waals surface area contributed by atoms with Crippen molar-refractivity contribution < 1.29 is 14.6 Å². The van der Waals surface area contributed by atoms with Gasteiger partial charge in [0.25, 0.3) is 0 Å². The Bertz CT molecular complexity index is 507. The predicted octanol–water partition coefficient (Wildman–Crippen LogP) is 2.55. The van der Waals surface area contributed by atoms with E-state index in [2.05, 4.69) is 0 Å². The van der Waals surface area contributed by atoms with Crippen LogP contribution in [0.4, 0.5) is 0 Å². The van der Waals surface area contributed by atoms with Crippen LogP contribution < -0.4 is 4.74 Å². The van der Waals surface area contributed by atoms with Crippen molar-refractivity contribution in [1.29, 1.82) is 0 Å². The van der Waals surface area contributed by atoms with Crippen LogP contribution in [0.2, 0.25) is 0 Å². The maximum absolute atomic E-state index is 11.5. The van der Waals surface area contributed by atoms with E-state index in [1.165, 1.54) is 5.57 Å². The Balaban J connectivity index is 2.16. The molecular weight excluding hydrogens is 254 g/mol. The van der Waals surface area contributed by atoms with Gasteiger partial charge in [-0.1, -0.05) is 30.7 Å². The van der Waals surface area contributed by atoms with Gasteiger partial charge in [-0.15, -0.1) is 0 Å². The van der Waals surface area contributed by atoms with E-state index in [1.807, 2.05) is 49.1 Å². The van der Waals surface area contributed by atoms with Crippen LogP contribution in [0.1, 0.15) is 19.4 Å². The van der Waals surface area contributed by atoms with E-state index >= 15 is 0 Å². The number of benzene rings is 1. The minimum absolute atomic E-state index is 0.0655. The number of ether oxygens (including phenoxy) is 1. The molecule has 1 N–H and O–H groups in total. The molecule has 20 heavy (non-hydrogen) atoms. The average molecular weight is 275 g/mol. The van der Waals surface area contributed by atoms with Gasteiger partial charge in [0.2, 0.25) is 0 Å².